The molecule has 0 bridgehead atoms. The van der Waals surface area contributed by atoms with Gasteiger partial charge in [0.05, 0.1) is 5.69 Å². The molecule has 0 spiro atoms. The molecule has 1 aromatic rings. The van der Waals surface area contributed by atoms with Gasteiger partial charge in [-0.3, -0.25) is 4.79 Å². The molecule has 3 heterocycles. The van der Waals surface area contributed by atoms with Crippen molar-refractivity contribution in [2.24, 2.45) is 0 Å². The van der Waals surface area contributed by atoms with E-state index in [1.165, 1.54) is 5.56 Å². The van der Waals surface area contributed by atoms with Crippen LogP contribution >= 0.6 is 11.8 Å². The van der Waals surface area contributed by atoms with E-state index in [2.05, 4.69) is 10.4 Å². The lowest BCUT2D eigenvalue weighted by Crippen LogP contribution is -2.15. The summed E-state index contributed by atoms with van der Waals surface area (Å²) >= 11 is 1.86. The Morgan fingerprint density at radius 1 is 1.64 bits per heavy atom. The summed E-state index contributed by atoms with van der Waals surface area (Å²) in [5.74, 6) is 3.01. The minimum atomic E-state index is -0.0828. The smallest absolute Gasteiger partial charge is 0.250 e. The van der Waals surface area contributed by atoms with Crippen LogP contribution in [0.3, 0.4) is 0 Å². The van der Waals surface area contributed by atoms with E-state index in [4.69, 9.17) is 0 Å². The van der Waals surface area contributed by atoms with Crippen LogP contribution in [0.5, 0.6) is 0 Å². The third kappa shape index (κ3) is 0.904. The predicted octanol–water partition coefficient (Wildman–Crippen LogP) is 1.53. The van der Waals surface area contributed by atoms with Crippen LogP contribution < -0.4 is 5.32 Å². The summed E-state index contributed by atoms with van der Waals surface area (Å²) in [5.41, 5.74) is 2.39. The number of fused-ring (bicyclic) bond motifs is 3. The SMILES string of the molecule is CC[C@H]1C(=O)Nc2c3c(nn21)CSC3. The maximum absolute atomic E-state index is 11.5. The minimum absolute atomic E-state index is 0.0828. The summed E-state index contributed by atoms with van der Waals surface area (Å²) in [5, 5.41) is 7.41. The number of anilines is 1. The van der Waals surface area contributed by atoms with Gasteiger partial charge in [-0.25, -0.2) is 4.68 Å². The van der Waals surface area contributed by atoms with E-state index < -0.39 is 0 Å². The summed E-state index contributed by atoms with van der Waals surface area (Å²) in [6, 6.07) is -0.0828. The number of carbonyl (C=O) groups excluding carboxylic acids is 1. The van der Waals surface area contributed by atoms with Gasteiger partial charge in [0.1, 0.15) is 11.9 Å². The summed E-state index contributed by atoms with van der Waals surface area (Å²) in [6.45, 7) is 2.01. The molecule has 1 amide bonds. The fourth-order valence-corrected chi connectivity index (χ4v) is 3.10. The zero-order valence-electron chi connectivity index (χ0n) is 7.91. The highest BCUT2D eigenvalue weighted by atomic mass is 32.2. The van der Waals surface area contributed by atoms with Crippen molar-refractivity contribution in [3.63, 3.8) is 0 Å². The van der Waals surface area contributed by atoms with Crippen LogP contribution in [0.2, 0.25) is 0 Å². The molecule has 2 aliphatic heterocycles. The zero-order valence-corrected chi connectivity index (χ0v) is 8.73. The molecule has 0 saturated carbocycles. The Bertz CT molecular complexity index is 412. The quantitative estimate of drug-likeness (QED) is 0.763. The number of aromatic nitrogens is 2. The molecule has 74 valence electrons. The van der Waals surface area contributed by atoms with Gasteiger partial charge in [-0.05, 0) is 6.42 Å². The molecule has 0 unspecified atom stereocenters. The fraction of sp³-hybridized carbons (Fsp3) is 0.556. The first-order chi connectivity index (χ1) is 6.81. The van der Waals surface area contributed by atoms with Gasteiger partial charge in [-0.15, -0.1) is 0 Å². The number of amides is 1. The fourth-order valence-electron chi connectivity index (χ4n) is 2.06. The molecule has 3 rings (SSSR count). The Morgan fingerprint density at radius 2 is 2.50 bits per heavy atom. The second kappa shape index (κ2) is 2.76. The molecule has 4 nitrogen and oxygen atoms in total. The van der Waals surface area contributed by atoms with Crippen molar-refractivity contribution in [1.29, 1.82) is 0 Å². The molecule has 1 N–H and O–H groups in total. The van der Waals surface area contributed by atoms with E-state index in [-0.39, 0.29) is 11.9 Å². The molecule has 2 aliphatic rings. The van der Waals surface area contributed by atoms with Crippen LogP contribution in [0.15, 0.2) is 0 Å². The van der Waals surface area contributed by atoms with Crippen LogP contribution in [0.1, 0.15) is 30.6 Å². The van der Waals surface area contributed by atoms with Crippen molar-refractivity contribution in [2.45, 2.75) is 30.9 Å². The molecule has 0 fully saturated rings. The van der Waals surface area contributed by atoms with Gasteiger partial charge in [-0.1, -0.05) is 6.92 Å². The number of nitrogens with zero attached hydrogens (tertiary/aromatic N) is 2. The first-order valence-electron chi connectivity index (χ1n) is 4.80. The summed E-state index contributed by atoms with van der Waals surface area (Å²) in [4.78, 5) is 11.5. The first-order valence-corrected chi connectivity index (χ1v) is 5.95. The van der Waals surface area contributed by atoms with Gasteiger partial charge in [0, 0.05) is 17.1 Å². The van der Waals surface area contributed by atoms with Crippen molar-refractivity contribution < 1.29 is 4.79 Å². The number of hydrogen-bond acceptors (Lipinski definition) is 3. The molecule has 0 aromatic carbocycles. The summed E-state index contributed by atoms with van der Waals surface area (Å²) in [6.07, 6.45) is 0.812. The lowest BCUT2D eigenvalue weighted by Gasteiger charge is -2.04. The van der Waals surface area contributed by atoms with Crippen LogP contribution in [0.4, 0.5) is 5.82 Å². The standard InChI is InChI=1S/C9H11N3OS/c1-2-7-9(13)10-8-5-3-14-4-6(5)11-12(7)8/h7H,2-4H2,1H3,(H,10,13)/t7-/m0/s1. The molecule has 5 heteroatoms. The van der Waals surface area contributed by atoms with E-state index in [1.807, 2.05) is 23.4 Å². The molecular weight excluding hydrogens is 198 g/mol. The van der Waals surface area contributed by atoms with Crippen LogP contribution in [0.25, 0.3) is 0 Å². The number of thioether (sulfide) groups is 1. The van der Waals surface area contributed by atoms with E-state index in [9.17, 15) is 4.79 Å². The highest BCUT2D eigenvalue weighted by molar-refractivity contribution is 7.98. The topological polar surface area (TPSA) is 46.9 Å². The maximum Gasteiger partial charge on any atom is 0.250 e. The third-order valence-electron chi connectivity index (χ3n) is 2.80. The number of nitrogens with one attached hydrogen (secondary N) is 1. The van der Waals surface area contributed by atoms with Gasteiger partial charge in [-0.2, -0.15) is 16.9 Å². The van der Waals surface area contributed by atoms with E-state index >= 15 is 0 Å². The number of rotatable bonds is 1. The highest BCUT2D eigenvalue weighted by Crippen LogP contribution is 2.39. The molecular formula is C9H11N3OS. The largest absolute Gasteiger partial charge is 0.309 e. The number of hydrogen-bond donors (Lipinski definition) is 1. The summed E-state index contributed by atoms with van der Waals surface area (Å²) < 4.78 is 1.87. The molecule has 0 aliphatic carbocycles. The normalized spacial score (nSPS) is 23.5. The first kappa shape index (κ1) is 8.35. The van der Waals surface area contributed by atoms with Gasteiger partial charge in [0.15, 0.2) is 0 Å². The highest BCUT2D eigenvalue weighted by Gasteiger charge is 2.35. The second-order valence-electron chi connectivity index (χ2n) is 3.62. The van der Waals surface area contributed by atoms with E-state index in [1.54, 1.807) is 0 Å². The lowest BCUT2D eigenvalue weighted by atomic mass is 10.2. The van der Waals surface area contributed by atoms with Crippen LogP contribution in [0, 0.1) is 0 Å². The maximum atomic E-state index is 11.5. The third-order valence-corrected chi connectivity index (χ3v) is 3.77. The van der Waals surface area contributed by atoms with Crippen molar-refractivity contribution in [2.75, 3.05) is 5.32 Å². The van der Waals surface area contributed by atoms with E-state index in [0.29, 0.717) is 0 Å². The Kier molecular flexibility index (Phi) is 1.65. The van der Waals surface area contributed by atoms with Gasteiger partial charge < -0.3 is 5.32 Å². The minimum Gasteiger partial charge on any atom is -0.309 e. The van der Waals surface area contributed by atoms with Crippen molar-refractivity contribution in [3.8, 4) is 0 Å². The Hall–Kier alpha value is -0.970. The van der Waals surface area contributed by atoms with Crippen molar-refractivity contribution in [1.82, 2.24) is 9.78 Å². The summed E-state index contributed by atoms with van der Waals surface area (Å²) in [7, 11) is 0. The Morgan fingerprint density at radius 3 is 3.29 bits per heavy atom. The number of carbonyl (C=O) groups is 1. The second-order valence-corrected chi connectivity index (χ2v) is 4.61. The van der Waals surface area contributed by atoms with Crippen molar-refractivity contribution >= 4 is 23.5 Å². The van der Waals surface area contributed by atoms with Gasteiger partial charge in [0.2, 0.25) is 5.91 Å². The van der Waals surface area contributed by atoms with Crippen LogP contribution in [-0.2, 0) is 16.3 Å². The zero-order chi connectivity index (χ0) is 9.71. The van der Waals surface area contributed by atoms with Crippen LogP contribution in [-0.4, -0.2) is 15.7 Å². The average molecular weight is 209 g/mol. The Balaban J connectivity index is 2.12. The monoisotopic (exact) mass is 209 g/mol. The lowest BCUT2D eigenvalue weighted by molar-refractivity contribution is -0.118. The van der Waals surface area contributed by atoms with Gasteiger partial charge in [0.25, 0.3) is 0 Å². The molecule has 0 radical (unpaired) electrons. The molecule has 1 aromatic heterocycles. The average Bonchev–Trinajstić information content (AvgIpc) is 2.76. The molecule has 14 heavy (non-hydrogen) atoms. The van der Waals surface area contributed by atoms with E-state index in [0.717, 1.165) is 29.4 Å². The Labute approximate surface area is 86.1 Å². The van der Waals surface area contributed by atoms with Crippen molar-refractivity contribution in [3.05, 3.63) is 11.3 Å². The predicted molar refractivity (Wildman–Crippen MR) is 55.2 cm³/mol. The van der Waals surface area contributed by atoms with Gasteiger partial charge >= 0.3 is 0 Å². The molecule has 0 saturated heterocycles. The molecule has 1 atom stereocenters.